The van der Waals surface area contributed by atoms with Gasteiger partial charge in [0.2, 0.25) is 11.8 Å². The van der Waals surface area contributed by atoms with Crippen molar-refractivity contribution in [3.05, 3.63) is 204 Å². The number of benzene rings is 6. The summed E-state index contributed by atoms with van der Waals surface area (Å²) in [6.07, 6.45) is 9.45. The van der Waals surface area contributed by atoms with Gasteiger partial charge < -0.3 is 51.0 Å². The van der Waals surface area contributed by atoms with Crippen LogP contribution in [0.25, 0.3) is 34.0 Å². The second kappa shape index (κ2) is 25.7. The lowest BCUT2D eigenvalue weighted by Gasteiger charge is -2.21. The maximum atomic E-state index is 13.8. The number of nitrogens with one attached hydrogen (secondary N) is 4. The van der Waals surface area contributed by atoms with Gasteiger partial charge in [0.15, 0.2) is 34.6 Å². The number of carbonyl (C=O) groups excluding carboxylic acids is 6. The molecule has 6 aromatic carbocycles. The monoisotopic (exact) mass is 1030 g/mol. The molecular formula is C61H58N6O10. The molecule has 2 heterocycles. The molecule has 8 aromatic rings. The standard InChI is InChI=1S/C61H58N6O10/c1-74-56-31-40(23-27-54(56)76-60(72)52(29-38-13-5-3-6-14-38)66-58(70)48(62)33-42-36-64-50-19-11-9-17-46(42)50)21-25-44(68)35-45(69)26-22-41-24-28-55(57(32-41)75-2)77-61(73)53(30-39-15-7-4-8-16-39)67-59(71)49(63)34-43-37-65-51-20-12-10-18-47(43)51/h3-28,31-32,36-37,48-49,52-53,64-65H,29-30,33-35,62-63H2,1-2H3,(H,66,70)(H,67,71)/b25-21+,26-22+. The number of ketones is 2. The molecule has 77 heavy (non-hydrogen) atoms. The molecule has 0 aliphatic heterocycles. The maximum Gasteiger partial charge on any atom is 0.334 e. The second-order valence-corrected chi connectivity index (χ2v) is 18.3. The number of aromatic nitrogens is 2. The lowest BCUT2D eigenvalue weighted by Crippen LogP contribution is -2.51. The molecule has 0 fully saturated rings. The Morgan fingerprint density at radius 2 is 0.883 bits per heavy atom. The summed E-state index contributed by atoms with van der Waals surface area (Å²) in [6, 6.07) is 39.0. The topological polar surface area (TPSA) is 247 Å². The number of H-pyrrole nitrogens is 2. The highest BCUT2D eigenvalue weighted by atomic mass is 16.6. The largest absolute Gasteiger partial charge is 0.493 e. The third-order valence-electron chi connectivity index (χ3n) is 12.7. The third kappa shape index (κ3) is 14.5. The fraction of sp³-hybridized carbons (Fsp3) is 0.180. The molecule has 0 bridgehead atoms. The van der Waals surface area contributed by atoms with Gasteiger partial charge in [-0.3, -0.25) is 19.2 Å². The summed E-state index contributed by atoms with van der Waals surface area (Å²) in [6.45, 7) is 0. The molecule has 16 heteroatoms. The summed E-state index contributed by atoms with van der Waals surface area (Å²) in [4.78, 5) is 86.8. The number of esters is 2. The predicted octanol–water partition coefficient (Wildman–Crippen LogP) is 7.33. The van der Waals surface area contributed by atoms with Crippen LogP contribution in [0.4, 0.5) is 0 Å². The van der Waals surface area contributed by atoms with Crippen LogP contribution >= 0.6 is 0 Å². The fourth-order valence-corrected chi connectivity index (χ4v) is 8.68. The Morgan fingerprint density at radius 1 is 0.494 bits per heavy atom. The Labute approximate surface area is 444 Å². The number of ether oxygens (including phenoxy) is 4. The predicted molar refractivity (Wildman–Crippen MR) is 294 cm³/mol. The molecule has 2 aromatic heterocycles. The third-order valence-corrected chi connectivity index (χ3v) is 12.7. The number of fused-ring (bicyclic) bond motifs is 2. The van der Waals surface area contributed by atoms with Gasteiger partial charge >= 0.3 is 11.9 Å². The van der Waals surface area contributed by atoms with Crippen molar-refractivity contribution >= 4 is 69.3 Å². The van der Waals surface area contributed by atoms with Crippen molar-refractivity contribution in [1.82, 2.24) is 20.6 Å². The number of nitrogens with two attached hydrogens (primary N) is 2. The average Bonchev–Trinajstić information content (AvgIpc) is 4.06. The molecule has 4 unspecified atom stereocenters. The number of aromatic amines is 2. The Hall–Kier alpha value is -9.38. The Bertz CT molecular complexity index is 3230. The number of rotatable bonds is 24. The van der Waals surface area contributed by atoms with E-state index in [0.29, 0.717) is 11.1 Å². The highest BCUT2D eigenvalue weighted by Gasteiger charge is 2.29. The van der Waals surface area contributed by atoms with Crippen LogP contribution < -0.4 is 41.0 Å². The normalized spacial score (nSPS) is 12.9. The summed E-state index contributed by atoms with van der Waals surface area (Å²) in [5.74, 6) is -2.98. The Morgan fingerprint density at radius 3 is 1.29 bits per heavy atom. The molecular weight excluding hydrogens is 977 g/mol. The number of methoxy groups -OCH3 is 2. The summed E-state index contributed by atoms with van der Waals surface area (Å²) in [5, 5.41) is 7.49. The maximum absolute atomic E-state index is 13.8. The van der Waals surface area contributed by atoms with Crippen molar-refractivity contribution in [3.8, 4) is 23.0 Å². The molecule has 0 aliphatic rings. The molecule has 392 valence electrons. The van der Waals surface area contributed by atoms with Gasteiger partial charge in [0.1, 0.15) is 12.1 Å². The van der Waals surface area contributed by atoms with E-state index in [2.05, 4.69) is 20.6 Å². The number of para-hydroxylation sites is 2. The molecule has 0 saturated heterocycles. The lowest BCUT2D eigenvalue weighted by atomic mass is 10.0. The molecule has 0 aliphatic carbocycles. The van der Waals surface area contributed by atoms with Crippen LogP contribution in [0.3, 0.4) is 0 Å². The molecule has 8 N–H and O–H groups in total. The van der Waals surface area contributed by atoms with Crippen molar-refractivity contribution in [2.45, 2.75) is 56.3 Å². The van der Waals surface area contributed by atoms with Gasteiger partial charge in [-0.2, -0.15) is 0 Å². The highest BCUT2D eigenvalue weighted by Crippen LogP contribution is 2.31. The van der Waals surface area contributed by atoms with Crippen LogP contribution in [0, 0.1) is 0 Å². The first-order chi connectivity index (χ1) is 37.3. The first-order valence-corrected chi connectivity index (χ1v) is 24.8. The Balaban J connectivity index is 0.854. The minimum Gasteiger partial charge on any atom is -0.493 e. The molecule has 2 amide bonds. The molecule has 0 spiro atoms. The van der Waals surface area contributed by atoms with Crippen molar-refractivity contribution < 1.29 is 47.7 Å². The van der Waals surface area contributed by atoms with Crippen LogP contribution in [-0.2, 0) is 54.5 Å². The zero-order chi connectivity index (χ0) is 54.3. The first kappa shape index (κ1) is 53.9. The van der Waals surface area contributed by atoms with E-state index < -0.39 is 65.9 Å². The van der Waals surface area contributed by atoms with Gasteiger partial charge in [0.05, 0.1) is 32.7 Å². The quantitative estimate of drug-likeness (QED) is 0.0151. The zero-order valence-electron chi connectivity index (χ0n) is 42.4. The van der Waals surface area contributed by atoms with Gasteiger partial charge in [-0.15, -0.1) is 0 Å². The van der Waals surface area contributed by atoms with E-state index in [1.807, 2.05) is 122 Å². The van der Waals surface area contributed by atoms with Crippen molar-refractivity contribution in [2.75, 3.05) is 14.2 Å². The van der Waals surface area contributed by atoms with Gasteiger partial charge in [-0.05, 0) is 94.8 Å². The number of hydrogen-bond acceptors (Lipinski definition) is 12. The molecule has 0 radical (unpaired) electrons. The molecule has 4 atom stereocenters. The van der Waals surface area contributed by atoms with Crippen LogP contribution in [0.1, 0.15) is 39.8 Å². The Kier molecular flexibility index (Phi) is 18.0. The first-order valence-electron chi connectivity index (χ1n) is 24.8. The van der Waals surface area contributed by atoms with E-state index in [4.69, 9.17) is 30.4 Å². The molecule has 0 saturated carbocycles. The lowest BCUT2D eigenvalue weighted by molar-refractivity contribution is -0.139. The van der Waals surface area contributed by atoms with E-state index in [1.165, 1.54) is 50.7 Å². The van der Waals surface area contributed by atoms with Gasteiger partial charge in [-0.25, -0.2) is 9.59 Å². The number of carbonyl (C=O) groups is 6. The SMILES string of the molecule is COc1cc(/C=C/C(=O)CC(=O)/C=C/c2ccc(OC(=O)C(Cc3ccccc3)NC(=O)C(N)Cc3c[nH]c4ccccc34)c(OC)c2)ccc1OC(=O)C(Cc1ccccc1)NC(=O)C(N)Cc1c[nH]c2ccccc12. The van der Waals surface area contributed by atoms with E-state index in [-0.39, 0.29) is 48.7 Å². The van der Waals surface area contributed by atoms with Gasteiger partial charge in [-0.1, -0.05) is 121 Å². The van der Waals surface area contributed by atoms with E-state index in [9.17, 15) is 28.8 Å². The summed E-state index contributed by atoms with van der Waals surface area (Å²) < 4.78 is 22.7. The van der Waals surface area contributed by atoms with Crippen LogP contribution in [0.5, 0.6) is 23.0 Å². The van der Waals surface area contributed by atoms with Crippen molar-refractivity contribution in [1.29, 1.82) is 0 Å². The van der Waals surface area contributed by atoms with Crippen LogP contribution in [0.2, 0.25) is 0 Å². The fourth-order valence-electron chi connectivity index (χ4n) is 8.68. The van der Waals surface area contributed by atoms with Crippen LogP contribution in [-0.4, -0.2) is 83.7 Å². The van der Waals surface area contributed by atoms with E-state index >= 15 is 0 Å². The van der Waals surface area contributed by atoms with Crippen molar-refractivity contribution in [3.63, 3.8) is 0 Å². The number of amides is 2. The molecule has 16 nitrogen and oxygen atoms in total. The summed E-state index contributed by atoms with van der Waals surface area (Å²) in [5.41, 5.74) is 18.9. The molecule has 8 rings (SSSR count). The average molecular weight is 1040 g/mol. The minimum absolute atomic E-state index is 0.0781. The smallest absolute Gasteiger partial charge is 0.334 e. The van der Waals surface area contributed by atoms with E-state index in [0.717, 1.165) is 44.1 Å². The van der Waals surface area contributed by atoms with Gasteiger partial charge in [0, 0.05) is 47.0 Å². The number of hydrogen-bond donors (Lipinski definition) is 6. The van der Waals surface area contributed by atoms with E-state index in [1.54, 1.807) is 24.3 Å². The highest BCUT2D eigenvalue weighted by molar-refractivity contribution is 6.11. The second-order valence-electron chi connectivity index (χ2n) is 18.3. The van der Waals surface area contributed by atoms with Crippen LogP contribution in [0.15, 0.2) is 170 Å². The zero-order valence-corrected chi connectivity index (χ0v) is 42.4. The minimum atomic E-state index is -1.10. The van der Waals surface area contributed by atoms with Crippen molar-refractivity contribution in [2.24, 2.45) is 11.5 Å². The summed E-state index contributed by atoms with van der Waals surface area (Å²) >= 11 is 0. The summed E-state index contributed by atoms with van der Waals surface area (Å²) in [7, 11) is 2.80. The number of allylic oxidation sites excluding steroid dienone is 2. The van der Waals surface area contributed by atoms with Gasteiger partial charge in [0.25, 0.3) is 0 Å².